The SMILES string of the molecule is O=C(Nc1ccc(-c2csc(NC(=O)c3cc(Cl)ccc3Cl)n2)cc1)c1cc(Cl)ccc1Cl. The first-order valence-electron chi connectivity index (χ1n) is 9.39. The third-order valence-corrected chi connectivity index (χ3v) is 6.40. The van der Waals surface area contributed by atoms with Crippen LogP contribution in [0.1, 0.15) is 20.7 Å². The van der Waals surface area contributed by atoms with Crippen molar-refractivity contribution in [1.82, 2.24) is 4.98 Å². The number of hydrogen-bond donors (Lipinski definition) is 2. The van der Waals surface area contributed by atoms with Crippen LogP contribution in [0.2, 0.25) is 20.1 Å². The highest BCUT2D eigenvalue weighted by Gasteiger charge is 2.15. The van der Waals surface area contributed by atoms with E-state index < -0.39 is 5.91 Å². The predicted molar refractivity (Wildman–Crippen MR) is 136 cm³/mol. The average molecular weight is 537 g/mol. The van der Waals surface area contributed by atoms with Crippen molar-refractivity contribution in [2.75, 3.05) is 10.6 Å². The van der Waals surface area contributed by atoms with Gasteiger partial charge in [-0.15, -0.1) is 11.3 Å². The van der Waals surface area contributed by atoms with Crippen LogP contribution in [-0.4, -0.2) is 16.8 Å². The Balaban J connectivity index is 1.44. The maximum Gasteiger partial charge on any atom is 0.259 e. The molecule has 0 bridgehead atoms. The molecular formula is C23H13Cl4N3O2S. The number of anilines is 2. The van der Waals surface area contributed by atoms with Gasteiger partial charge < -0.3 is 5.32 Å². The fourth-order valence-corrected chi connectivity index (χ4v) is 4.36. The van der Waals surface area contributed by atoms with Crippen LogP contribution >= 0.6 is 57.7 Å². The Morgan fingerprint density at radius 1 is 0.727 bits per heavy atom. The lowest BCUT2D eigenvalue weighted by Crippen LogP contribution is -2.12. The third-order valence-electron chi connectivity index (χ3n) is 4.51. The summed E-state index contributed by atoms with van der Waals surface area (Å²) in [5.41, 5.74) is 2.61. The molecule has 1 heterocycles. The van der Waals surface area contributed by atoms with Crippen LogP contribution in [0.15, 0.2) is 66.0 Å². The summed E-state index contributed by atoms with van der Waals surface area (Å²) >= 11 is 25.4. The third kappa shape index (κ3) is 5.66. The van der Waals surface area contributed by atoms with Crippen LogP contribution in [0.4, 0.5) is 10.8 Å². The van der Waals surface area contributed by atoms with Gasteiger partial charge in [-0.2, -0.15) is 0 Å². The van der Waals surface area contributed by atoms with E-state index >= 15 is 0 Å². The summed E-state index contributed by atoms with van der Waals surface area (Å²) in [4.78, 5) is 29.4. The summed E-state index contributed by atoms with van der Waals surface area (Å²) in [7, 11) is 0. The maximum absolute atomic E-state index is 12.5. The summed E-state index contributed by atoms with van der Waals surface area (Å²) in [5, 5.41) is 9.18. The first-order valence-corrected chi connectivity index (χ1v) is 11.8. The number of benzene rings is 3. The van der Waals surface area contributed by atoms with Crippen LogP contribution in [-0.2, 0) is 0 Å². The van der Waals surface area contributed by atoms with Gasteiger partial charge in [0, 0.05) is 26.7 Å². The standard InChI is InChI=1S/C23H13Cl4N3O2S/c24-13-3-7-18(26)16(9-13)21(31)28-15-5-1-12(2-6-15)20-11-33-23(29-20)30-22(32)17-10-14(25)4-8-19(17)27/h1-11H,(H,28,31)(H,29,30,32). The van der Waals surface area contributed by atoms with Gasteiger partial charge in [-0.05, 0) is 48.5 Å². The van der Waals surface area contributed by atoms with Crippen LogP contribution in [0, 0.1) is 0 Å². The fraction of sp³-hybridized carbons (Fsp3) is 0. The number of carbonyl (C=O) groups excluding carboxylic acids is 2. The second kappa shape index (κ2) is 10.1. The van der Waals surface area contributed by atoms with Crippen LogP contribution < -0.4 is 10.6 Å². The number of hydrogen-bond acceptors (Lipinski definition) is 4. The van der Waals surface area contributed by atoms with Crippen molar-refractivity contribution in [3.63, 3.8) is 0 Å². The summed E-state index contributed by atoms with van der Waals surface area (Å²) in [6, 6.07) is 16.5. The maximum atomic E-state index is 12.5. The molecule has 4 aromatic rings. The molecular weight excluding hydrogens is 524 g/mol. The molecule has 0 saturated carbocycles. The molecule has 0 atom stereocenters. The number of thiazole rings is 1. The summed E-state index contributed by atoms with van der Waals surface area (Å²) in [5.74, 6) is -0.769. The second-order valence-electron chi connectivity index (χ2n) is 6.77. The van der Waals surface area contributed by atoms with Gasteiger partial charge in [0.2, 0.25) is 0 Å². The molecule has 0 aliphatic rings. The minimum atomic E-state index is -0.402. The number of nitrogens with one attached hydrogen (secondary N) is 2. The van der Waals surface area contributed by atoms with E-state index in [1.807, 2.05) is 17.5 Å². The molecule has 1 aromatic heterocycles. The van der Waals surface area contributed by atoms with E-state index in [9.17, 15) is 9.59 Å². The van der Waals surface area contributed by atoms with Gasteiger partial charge in [0.1, 0.15) is 0 Å². The lowest BCUT2D eigenvalue weighted by molar-refractivity contribution is 0.101. The van der Waals surface area contributed by atoms with E-state index in [4.69, 9.17) is 46.4 Å². The highest BCUT2D eigenvalue weighted by molar-refractivity contribution is 7.14. The normalized spacial score (nSPS) is 10.7. The molecule has 3 aromatic carbocycles. The van der Waals surface area contributed by atoms with E-state index in [0.717, 1.165) is 5.56 Å². The number of nitrogens with zero attached hydrogens (tertiary/aromatic N) is 1. The first-order chi connectivity index (χ1) is 15.8. The van der Waals surface area contributed by atoms with Crippen LogP contribution in [0.25, 0.3) is 11.3 Å². The topological polar surface area (TPSA) is 71.1 Å². The highest BCUT2D eigenvalue weighted by atomic mass is 35.5. The van der Waals surface area contributed by atoms with Crippen molar-refractivity contribution >= 4 is 80.4 Å². The van der Waals surface area contributed by atoms with E-state index in [0.29, 0.717) is 36.6 Å². The second-order valence-corrected chi connectivity index (χ2v) is 9.32. The van der Waals surface area contributed by atoms with E-state index in [1.165, 1.54) is 23.5 Å². The predicted octanol–water partition coefficient (Wildman–Crippen LogP) is 7.93. The van der Waals surface area contributed by atoms with Crippen molar-refractivity contribution < 1.29 is 9.59 Å². The molecule has 10 heteroatoms. The van der Waals surface area contributed by atoms with Gasteiger partial charge in [0.05, 0.1) is 26.9 Å². The first kappa shape index (κ1) is 23.5. The van der Waals surface area contributed by atoms with Gasteiger partial charge in [-0.1, -0.05) is 58.5 Å². The van der Waals surface area contributed by atoms with Crippen molar-refractivity contribution in [3.05, 3.63) is 97.3 Å². The lowest BCUT2D eigenvalue weighted by Gasteiger charge is -2.08. The lowest BCUT2D eigenvalue weighted by atomic mass is 10.1. The van der Waals surface area contributed by atoms with Crippen LogP contribution in [0.5, 0.6) is 0 Å². The molecule has 166 valence electrons. The molecule has 0 unspecified atom stereocenters. The Morgan fingerprint density at radius 3 is 1.85 bits per heavy atom. The Bertz CT molecular complexity index is 1360. The zero-order chi connectivity index (χ0) is 23.5. The minimum absolute atomic E-state index is 0.265. The zero-order valence-corrected chi connectivity index (χ0v) is 20.4. The molecule has 4 rings (SSSR count). The summed E-state index contributed by atoms with van der Waals surface area (Å²) in [6.07, 6.45) is 0. The molecule has 2 amide bonds. The number of amides is 2. The molecule has 2 N–H and O–H groups in total. The largest absolute Gasteiger partial charge is 0.322 e. The van der Waals surface area contributed by atoms with Gasteiger partial charge in [-0.3, -0.25) is 14.9 Å². The fourth-order valence-electron chi connectivity index (χ4n) is 2.89. The van der Waals surface area contributed by atoms with Gasteiger partial charge >= 0.3 is 0 Å². The van der Waals surface area contributed by atoms with E-state index in [1.54, 1.807) is 36.4 Å². The molecule has 0 aliphatic heterocycles. The van der Waals surface area contributed by atoms with Crippen molar-refractivity contribution in [1.29, 1.82) is 0 Å². The summed E-state index contributed by atoms with van der Waals surface area (Å²) in [6.45, 7) is 0. The Labute approximate surface area is 213 Å². The van der Waals surface area contributed by atoms with Crippen molar-refractivity contribution in [3.8, 4) is 11.3 Å². The molecule has 0 radical (unpaired) electrons. The minimum Gasteiger partial charge on any atom is -0.322 e. The quantitative estimate of drug-likeness (QED) is 0.272. The number of halogens is 4. The Morgan fingerprint density at radius 2 is 1.27 bits per heavy atom. The van der Waals surface area contributed by atoms with E-state index in [2.05, 4.69) is 15.6 Å². The molecule has 0 aliphatic carbocycles. The Hall–Kier alpha value is -2.61. The van der Waals surface area contributed by atoms with Crippen molar-refractivity contribution in [2.45, 2.75) is 0 Å². The van der Waals surface area contributed by atoms with Crippen LogP contribution in [0.3, 0.4) is 0 Å². The van der Waals surface area contributed by atoms with E-state index in [-0.39, 0.29) is 17.0 Å². The zero-order valence-electron chi connectivity index (χ0n) is 16.5. The molecule has 0 saturated heterocycles. The molecule has 5 nitrogen and oxygen atoms in total. The average Bonchev–Trinajstić information content (AvgIpc) is 3.25. The molecule has 0 spiro atoms. The smallest absolute Gasteiger partial charge is 0.259 e. The van der Waals surface area contributed by atoms with Crippen molar-refractivity contribution in [2.24, 2.45) is 0 Å². The highest BCUT2D eigenvalue weighted by Crippen LogP contribution is 2.28. The Kier molecular flexibility index (Phi) is 7.22. The number of aromatic nitrogens is 1. The summed E-state index contributed by atoms with van der Waals surface area (Å²) < 4.78 is 0. The number of carbonyl (C=O) groups is 2. The number of rotatable bonds is 5. The van der Waals surface area contributed by atoms with Gasteiger partial charge in [0.15, 0.2) is 5.13 Å². The molecule has 33 heavy (non-hydrogen) atoms. The molecule has 0 fully saturated rings. The van der Waals surface area contributed by atoms with Gasteiger partial charge in [-0.25, -0.2) is 4.98 Å². The monoisotopic (exact) mass is 535 g/mol. The van der Waals surface area contributed by atoms with Gasteiger partial charge in [0.25, 0.3) is 11.8 Å².